The van der Waals surface area contributed by atoms with Crippen LogP contribution in [0.15, 0.2) is 122 Å². The van der Waals surface area contributed by atoms with Gasteiger partial charge >= 0.3 is 0 Å². The van der Waals surface area contributed by atoms with Gasteiger partial charge in [0, 0.05) is 49.6 Å². The van der Waals surface area contributed by atoms with Gasteiger partial charge in [0.05, 0.1) is 0 Å². The SMILES string of the molecule is CC1(C)c2c(ccc3ccccc23)C(C)(C)C2c3cc[c-]c(-c4ccccn4)c3OC21.[Ir].[c-]1ccccc1-c1ccccn1. The third-order valence-electron chi connectivity index (χ3n) is 9.19. The van der Waals surface area contributed by atoms with Gasteiger partial charge in [-0.25, -0.2) is 0 Å². The summed E-state index contributed by atoms with van der Waals surface area (Å²) in [7, 11) is 0. The molecule has 1 aliphatic heterocycles. The Hall–Kier alpha value is -4.11. The summed E-state index contributed by atoms with van der Waals surface area (Å²) in [4.78, 5) is 8.80. The maximum atomic E-state index is 6.88. The summed E-state index contributed by atoms with van der Waals surface area (Å²) in [6.45, 7) is 9.45. The molecule has 0 N–H and O–H groups in total. The van der Waals surface area contributed by atoms with Crippen molar-refractivity contribution in [3.05, 3.63) is 150 Å². The molecule has 0 saturated carbocycles. The first-order valence-corrected chi connectivity index (χ1v) is 14.9. The zero-order valence-electron chi connectivity index (χ0n) is 25.3. The molecule has 6 aromatic rings. The number of rotatable bonds is 2. The van der Waals surface area contributed by atoms with Crippen molar-refractivity contribution in [2.45, 2.75) is 50.5 Å². The molecule has 2 aromatic heterocycles. The van der Waals surface area contributed by atoms with Gasteiger partial charge in [-0.2, -0.15) is 0 Å². The Kier molecular flexibility index (Phi) is 8.00. The van der Waals surface area contributed by atoms with Crippen LogP contribution in [0.1, 0.15) is 50.3 Å². The number of hydrogen-bond donors (Lipinski definition) is 0. The second kappa shape index (κ2) is 11.8. The van der Waals surface area contributed by atoms with Crippen molar-refractivity contribution >= 4 is 10.8 Å². The number of pyridine rings is 2. The molecule has 1 aliphatic carbocycles. The Morgan fingerprint density at radius 3 is 2.07 bits per heavy atom. The molecule has 2 atom stereocenters. The molecule has 2 aliphatic rings. The molecule has 2 unspecified atom stereocenters. The van der Waals surface area contributed by atoms with E-state index in [1.54, 1.807) is 6.20 Å². The average molecular weight is 751 g/mol. The minimum absolute atomic E-state index is 0. The van der Waals surface area contributed by atoms with Crippen LogP contribution in [0.3, 0.4) is 0 Å². The molecule has 1 radical (unpaired) electrons. The van der Waals surface area contributed by atoms with E-state index in [1.165, 1.54) is 27.5 Å². The van der Waals surface area contributed by atoms with Crippen LogP contribution in [-0.2, 0) is 30.9 Å². The zero-order chi connectivity index (χ0) is 29.6. The molecule has 3 heterocycles. The maximum Gasteiger partial charge on any atom is 0.101 e. The van der Waals surface area contributed by atoms with E-state index in [0.717, 1.165) is 28.3 Å². The average Bonchev–Trinajstić information content (AvgIpc) is 3.48. The Bertz CT molecular complexity index is 1870. The number of nitrogens with zero attached hydrogens (tertiary/aromatic N) is 2. The van der Waals surface area contributed by atoms with E-state index < -0.39 is 0 Å². The fraction of sp³-hybridized carbons (Fsp3) is 0.200. The topological polar surface area (TPSA) is 35.0 Å². The number of aromatic nitrogens is 2. The van der Waals surface area contributed by atoms with Crippen LogP contribution in [0, 0.1) is 12.1 Å². The summed E-state index contributed by atoms with van der Waals surface area (Å²) in [5.74, 6) is 1.22. The second-order valence-electron chi connectivity index (χ2n) is 12.5. The number of benzene rings is 4. The van der Waals surface area contributed by atoms with Gasteiger partial charge in [-0.05, 0) is 50.8 Å². The van der Waals surface area contributed by atoms with Crippen molar-refractivity contribution in [2.75, 3.05) is 0 Å². The van der Waals surface area contributed by atoms with Gasteiger partial charge in [-0.1, -0.05) is 99.5 Å². The molecule has 44 heavy (non-hydrogen) atoms. The van der Waals surface area contributed by atoms with Gasteiger partial charge < -0.3 is 14.7 Å². The van der Waals surface area contributed by atoms with E-state index in [1.807, 2.05) is 72.9 Å². The first-order valence-electron chi connectivity index (χ1n) is 14.9. The van der Waals surface area contributed by atoms with Crippen molar-refractivity contribution in [1.82, 2.24) is 9.97 Å². The molecule has 4 heteroatoms. The molecule has 0 amide bonds. The smallest absolute Gasteiger partial charge is 0.101 e. The summed E-state index contributed by atoms with van der Waals surface area (Å²) in [5.41, 5.74) is 7.82. The molecule has 0 spiro atoms. The van der Waals surface area contributed by atoms with Gasteiger partial charge in [0.25, 0.3) is 0 Å². The van der Waals surface area contributed by atoms with E-state index in [9.17, 15) is 0 Å². The fourth-order valence-corrected chi connectivity index (χ4v) is 7.15. The van der Waals surface area contributed by atoms with Crippen LogP contribution in [-0.4, -0.2) is 16.1 Å². The van der Waals surface area contributed by atoms with Crippen molar-refractivity contribution in [3.8, 4) is 28.3 Å². The van der Waals surface area contributed by atoms with Gasteiger partial charge in [-0.15, -0.1) is 54.1 Å². The quantitative estimate of drug-likeness (QED) is 0.166. The summed E-state index contributed by atoms with van der Waals surface area (Å²) < 4.78 is 6.88. The molecule has 0 saturated heterocycles. The first-order chi connectivity index (χ1) is 20.9. The molecule has 3 nitrogen and oxygen atoms in total. The molecule has 221 valence electrons. The molecule has 4 aromatic carbocycles. The Labute approximate surface area is 273 Å². The summed E-state index contributed by atoms with van der Waals surface area (Å²) in [5, 5.41) is 2.63. The van der Waals surface area contributed by atoms with Crippen LogP contribution in [0.25, 0.3) is 33.3 Å². The van der Waals surface area contributed by atoms with E-state index in [-0.39, 0.29) is 43.0 Å². The summed E-state index contributed by atoms with van der Waals surface area (Å²) in [6, 6.07) is 43.8. The summed E-state index contributed by atoms with van der Waals surface area (Å²) >= 11 is 0. The van der Waals surface area contributed by atoms with Gasteiger partial charge in [0.2, 0.25) is 0 Å². The molecule has 0 fully saturated rings. The summed E-state index contributed by atoms with van der Waals surface area (Å²) in [6.07, 6.45) is 3.67. The third kappa shape index (κ3) is 4.97. The minimum Gasteiger partial charge on any atom is -0.532 e. The van der Waals surface area contributed by atoms with Crippen molar-refractivity contribution in [3.63, 3.8) is 0 Å². The number of ether oxygens (including phenoxy) is 1. The van der Waals surface area contributed by atoms with Crippen LogP contribution >= 0.6 is 0 Å². The molecule has 0 bridgehead atoms. The number of fused-ring (bicyclic) bond motifs is 6. The van der Waals surface area contributed by atoms with Crippen LogP contribution < -0.4 is 4.74 Å². The monoisotopic (exact) mass is 751 g/mol. The van der Waals surface area contributed by atoms with Crippen LogP contribution in [0.5, 0.6) is 5.75 Å². The first kappa shape index (κ1) is 29.9. The molecular formula is C40H34IrN2O-2. The van der Waals surface area contributed by atoms with Crippen molar-refractivity contribution < 1.29 is 24.8 Å². The minimum atomic E-state index is -0.142. The second-order valence-corrected chi connectivity index (χ2v) is 12.5. The standard InChI is InChI=1S/C29H26NO.C11H8N.Ir/c1-28(2)22-16-15-18-10-5-6-11-19(18)24(22)29(3,4)27-25(28)21-13-9-12-20(26(21)31-27)23-14-7-8-17-30-23;1-2-6-10(7-3-1)11-8-4-5-9-12-11;/h5-11,13-17,25,27H,1-4H3;1-6,8-9H;/q2*-1;. The Balaban J connectivity index is 0.000000222. The van der Waals surface area contributed by atoms with E-state index in [0.29, 0.717) is 0 Å². The van der Waals surface area contributed by atoms with Crippen LogP contribution in [0.2, 0.25) is 0 Å². The predicted octanol–water partition coefficient (Wildman–Crippen LogP) is 9.36. The normalized spacial score (nSPS) is 18.4. The van der Waals surface area contributed by atoms with E-state index in [2.05, 4.69) is 92.3 Å². The van der Waals surface area contributed by atoms with E-state index in [4.69, 9.17) is 4.74 Å². The van der Waals surface area contributed by atoms with Crippen molar-refractivity contribution in [1.29, 1.82) is 0 Å². The zero-order valence-corrected chi connectivity index (χ0v) is 27.7. The fourth-order valence-electron chi connectivity index (χ4n) is 7.15. The number of hydrogen-bond acceptors (Lipinski definition) is 3. The van der Waals surface area contributed by atoms with Gasteiger partial charge in [0.15, 0.2) is 0 Å². The molecular weight excluding hydrogens is 717 g/mol. The Morgan fingerprint density at radius 2 is 1.36 bits per heavy atom. The predicted molar refractivity (Wildman–Crippen MR) is 174 cm³/mol. The van der Waals surface area contributed by atoms with E-state index >= 15 is 0 Å². The van der Waals surface area contributed by atoms with Crippen molar-refractivity contribution in [2.24, 2.45) is 0 Å². The maximum absolute atomic E-state index is 6.88. The Morgan fingerprint density at radius 1 is 0.659 bits per heavy atom. The molecule has 8 rings (SSSR count). The largest absolute Gasteiger partial charge is 0.532 e. The van der Waals surface area contributed by atoms with Crippen LogP contribution in [0.4, 0.5) is 0 Å². The third-order valence-corrected chi connectivity index (χ3v) is 9.19. The van der Waals surface area contributed by atoms with Gasteiger partial charge in [-0.3, -0.25) is 0 Å². The van der Waals surface area contributed by atoms with Gasteiger partial charge in [0.1, 0.15) is 6.10 Å².